The van der Waals surface area contributed by atoms with Crippen LogP contribution in [0.1, 0.15) is 0 Å². The lowest BCUT2D eigenvalue weighted by atomic mass is 10.2. The second-order valence-electron chi connectivity index (χ2n) is 5.20. The number of hydrogen-bond donors (Lipinski definition) is 2. The van der Waals surface area contributed by atoms with E-state index in [9.17, 15) is 8.42 Å². The van der Waals surface area contributed by atoms with Crippen LogP contribution in [-0.4, -0.2) is 18.2 Å². The Kier molecular flexibility index (Phi) is 4.21. The molecule has 0 amide bonds. The van der Waals surface area contributed by atoms with E-state index in [1.54, 1.807) is 13.1 Å². The molecule has 6 nitrogen and oxygen atoms in total. The number of halogens is 1. The standard InChI is InChI=1S/C16H15ClN4O2S/c1-21-16(10-15(19-21)11-5-3-2-4-6-11)24(22,23)20-12-7-8-13(17)14(18)9-12/h2-10,20H,18H2,1H3. The van der Waals surface area contributed by atoms with Crippen LogP contribution in [0.4, 0.5) is 11.4 Å². The molecule has 1 aromatic heterocycles. The van der Waals surface area contributed by atoms with Crippen molar-refractivity contribution in [2.24, 2.45) is 7.05 Å². The van der Waals surface area contributed by atoms with Crippen molar-refractivity contribution >= 4 is 33.0 Å². The Bertz CT molecular complexity index is 985. The monoisotopic (exact) mass is 362 g/mol. The highest BCUT2D eigenvalue weighted by Crippen LogP contribution is 2.26. The molecule has 0 bridgehead atoms. The van der Waals surface area contributed by atoms with Crippen molar-refractivity contribution in [1.82, 2.24) is 9.78 Å². The minimum atomic E-state index is -3.81. The SMILES string of the molecule is Cn1nc(-c2ccccc2)cc1S(=O)(=O)Nc1ccc(Cl)c(N)c1. The Morgan fingerprint density at radius 1 is 1.12 bits per heavy atom. The number of nitrogens with one attached hydrogen (secondary N) is 1. The summed E-state index contributed by atoms with van der Waals surface area (Å²) < 4.78 is 29.0. The molecule has 0 saturated carbocycles. The predicted molar refractivity (Wildman–Crippen MR) is 95.3 cm³/mol. The summed E-state index contributed by atoms with van der Waals surface area (Å²) in [4.78, 5) is 0. The normalized spacial score (nSPS) is 11.4. The number of rotatable bonds is 4. The van der Waals surface area contributed by atoms with Gasteiger partial charge in [0, 0.05) is 18.7 Å². The van der Waals surface area contributed by atoms with Crippen LogP contribution in [0.15, 0.2) is 59.6 Å². The Balaban J connectivity index is 1.95. The van der Waals surface area contributed by atoms with Crippen molar-refractivity contribution in [3.8, 4) is 11.3 Å². The fourth-order valence-electron chi connectivity index (χ4n) is 2.27. The van der Waals surface area contributed by atoms with Crippen LogP contribution in [0.2, 0.25) is 5.02 Å². The van der Waals surface area contributed by atoms with Gasteiger partial charge < -0.3 is 5.73 Å². The van der Waals surface area contributed by atoms with Crippen molar-refractivity contribution in [1.29, 1.82) is 0 Å². The van der Waals surface area contributed by atoms with E-state index in [-0.39, 0.29) is 5.03 Å². The van der Waals surface area contributed by atoms with Crippen LogP contribution in [0.25, 0.3) is 11.3 Å². The van der Waals surface area contributed by atoms with Gasteiger partial charge in [0.15, 0.2) is 5.03 Å². The first-order chi connectivity index (χ1) is 11.4. The number of benzene rings is 2. The van der Waals surface area contributed by atoms with Crippen molar-refractivity contribution in [2.75, 3.05) is 10.5 Å². The van der Waals surface area contributed by atoms with Gasteiger partial charge in [0.05, 0.1) is 22.1 Å². The second kappa shape index (κ2) is 6.18. The number of aryl methyl sites for hydroxylation is 1. The number of nitrogens with two attached hydrogens (primary N) is 1. The van der Waals surface area contributed by atoms with Crippen LogP contribution < -0.4 is 10.5 Å². The van der Waals surface area contributed by atoms with E-state index in [4.69, 9.17) is 17.3 Å². The molecule has 24 heavy (non-hydrogen) atoms. The third-order valence-corrected chi connectivity index (χ3v) is 5.21. The van der Waals surface area contributed by atoms with Gasteiger partial charge in [-0.1, -0.05) is 41.9 Å². The molecular formula is C16H15ClN4O2S. The summed E-state index contributed by atoms with van der Waals surface area (Å²) in [6.07, 6.45) is 0. The zero-order valence-electron chi connectivity index (χ0n) is 12.8. The molecule has 0 spiro atoms. The summed E-state index contributed by atoms with van der Waals surface area (Å²) in [5.41, 5.74) is 7.75. The van der Waals surface area contributed by atoms with E-state index in [2.05, 4.69) is 9.82 Å². The van der Waals surface area contributed by atoms with Crippen LogP contribution in [0.5, 0.6) is 0 Å². The lowest BCUT2D eigenvalue weighted by Gasteiger charge is -2.09. The molecule has 0 saturated heterocycles. The van der Waals surface area contributed by atoms with Gasteiger partial charge in [-0.25, -0.2) is 0 Å². The van der Waals surface area contributed by atoms with Gasteiger partial charge in [0.25, 0.3) is 10.0 Å². The van der Waals surface area contributed by atoms with Crippen LogP contribution in [-0.2, 0) is 17.1 Å². The maximum atomic E-state index is 12.6. The molecule has 0 aliphatic rings. The lowest BCUT2D eigenvalue weighted by molar-refractivity contribution is 0.582. The smallest absolute Gasteiger partial charge is 0.279 e. The maximum absolute atomic E-state index is 12.6. The Hall–Kier alpha value is -2.51. The molecule has 3 N–H and O–H groups in total. The molecule has 0 atom stereocenters. The lowest BCUT2D eigenvalue weighted by Crippen LogP contribution is -2.16. The molecule has 124 valence electrons. The topological polar surface area (TPSA) is 90.0 Å². The van der Waals surface area contributed by atoms with E-state index in [0.717, 1.165) is 5.56 Å². The van der Waals surface area contributed by atoms with Crippen molar-refractivity contribution in [3.05, 3.63) is 59.6 Å². The van der Waals surface area contributed by atoms with Crippen molar-refractivity contribution in [3.63, 3.8) is 0 Å². The second-order valence-corrected chi connectivity index (χ2v) is 7.24. The zero-order valence-corrected chi connectivity index (χ0v) is 14.3. The average molecular weight is 363 g/mol. The summed E-state index contributed by atoms with van der Waals surface area (Å²) in [5.74, 6) is 0. The number of hydrogen-bond acceptors (Lipinski definition) is 4. The predicted octanol–water partition coefficient (Wildman–Crippen LogP) is 3.12. The maximum Gasteiger partial charge on any atom is 0.279 e. The molecule has 0 radical (unpaired) electrons. The molecular weight excluding hydrogens is 348 g/mol. The third-order valence-electron chi connectivity index (χ3n) is 3.43. The largest absolute Gasteiger partial charge is 0.397 e. The van der Waals surface area contributed by atoms with Crippen LogP contribution >= 0.6 is 11.6 Å². The zero-order chi connectivity index (χ0) is 17.3. The molecule has 0 unspecified atom stereocenters. The summed E-state index contributed by atoms with van der Waals surface area (Å²) in [5, 5.41) is 4.69. The van der Waals surface area contributed by atoms with Gasteiger partial charge in [-0.05, 0) is 18.2 Å². The van der Waals surface area contributed by atoms with E-state index >= 15 is 0 Å². The van der Waals surface area contributed by atoms with Crippen LogP contribution in [0, 0.1) is 0 Å². The molecule has 8 heteroatoms. The molecule has 0 fully saturated rings. The highest BCUT2D eigenvalue weighted by Gasteiger charge is 2.21. The Labute approximate surface area is 144 Å². The first kappa shape index (κ1) is 16.4. The Morgan fingerprint density at radius 3 is 2.50 bits per heavy atom. The van der Waals surface area contributed by atoms with Gasteiger partial charge in [-0.15, -0.1) is 0 Å². The molecule has 3 aromatic rings. The summed E-state index contributed by atoms with van der Waals surface area (Å²) >= 11 is 5.85. The van der Waals surface area contributed by atoms with Gasteiger partial charge in [0.2, 0.25) is 0 Å². The van der Waals surface area contributed by atoms with E-state index < -0.39 is 10.0 Å². The molecule has 2 aromatic carbocycles. The fraction of sp³-hybridized carbons (Fsp3) is 0.0625. The molecule has 0 aliphatic heterocycles. The highest BCUT2D eigenvalue weighted by molar-refractivity contribution is 7.92. The van der Waals surface area contributed by atoms with Gasteiger partial charge in [-0.3, -0.25) is 9.40 Å². The summed E-state index contributed by atoms with van der Waals surface area (Å²) in [7, 11) is -2.23. The number of nitrogen functional groups attached to an aromatic ring is 1. The quantitative estimate of drug-likeness (QED) is 0.698. The van der Waals surface area contributed by atoms with E-state index in [0.29, 0.717) is 22.1 Å². The minimum Gasteiger partial charge on any atom is -0.397 e. The number of anilines is 2. The Morgan fingerprint density at radius 2 is 1.83 bits per heavy atom. The summed E-state index contributed by atoms with van der Waals surface area (Å²) in [6, 6.07) is 15.4. The van der Waals surface area contributed by atoms with Gasteiger partial charge in [0.1, 0.15) is 0 Å². The van der Waals surface area contributed by atoms with Crippen molar-refractivity contribution < 1.29 is 8.42 Å². The first-order valence-electron chi connectivity index (χ1n) is 7.04. The minimum absolute atomic E-state index is 0.0508. The number of nitrogens with zero attached hydrogens (tertiary/aromatic N) is 2. The molecule has 3 rings (SSSR count). The number of aromatic nitrogens is 2. The number of sulfonamides is 1. The highest BCUT2D eigenvalue weighted by atomic mass is 35.5. The molecule has 0 aliphatic carbocycles. The first-order valence-corrected chi connectivity index (χ1v) is 8.90. The average Bonchev–Trinajstić information content (AvgIpc) is 2.94. The summed E-state index contributed by atoms with van der Waals surface area (Å²) in [6.45, 7) is 0. The van der Waals surface area contributed by atoms with E-state index in [1.165, 1.54) is 22.9 Å². The van der Waals surface area contributed by atoms with Crippen LogP contribution in [0.3, 0.4) is 0 Å². The van der Waals surface area contributed by atoms with Crippen molar-refractivity contribution in [2.45, 2.75) is 5.03 Å². The van der Waals surface area contributed by atoms with Gasteiger partial charge in [-0.2, -0.15) is 13.5 Å². The van der Waals surface area contributed by atoms with Gasteiger partial charge >= 0.3 is 0 Å². The third kappa shape index (κ3) is 3.22. The van der Waals surface area contributed by atoms with E-state index in [1.807, 2.05) is 30.3 Å². The molecule has 1 heterocycles. The fourth-order valence-corrected chi connectivity index (χ4v) is 3.58.